The van der Waals surface area contributed by atoms with Crippen LogP contribution in [0.5, 0.6) is 0 Å². The minimum Gasteiger partial charge on any atom is -0.480 e. The van der Waals surface area contributed by atoms with E-state index < -0.39 is 23.7 Å². The summed E-state index contributed by atoms with van der Waals surface area (Å²) in [5, 5.41) is 11.3. The highest BCUT2D eigenvalue weighted by Crippen LogP contribution is 2.22. The van der Waals surface area contributed by atoms with Gasteiger partial charge < -0.3 is 15.2 Å². The second kappa shape index (κ2) is 8.53. The summed E-state index contributed by atoms with van der Waals surface area (Å²) in [6.07, 6.45) is 0.338. The lowest BCUT2D eigenvalue weighted by atomic mass is 10.2. The van der Waals surface area contributed by atoms with Crippen LogP contribution in [0, 0.1) is 0 Å². The third-order valence-corrected chi connectivity index (χ3v) is 4.21. The SMILES string of the molecule is CCCSSC[C@H](NC(=O)OC(C)(C)C)C(=O)O. The average molecular weight is 295 g/mol. The van der Waals surface area contributed by atoms with Crippen molar-refractivity contribution in [3.8, 4) is 0 Å². The Morgan fingerprint density at radius 1 is 1.33 bits per heavy atom. The number of hydrogen-bond donors (Lipinski definition) is 2. The minimum atomic E-state index is -1.05. The van der Waals surface area contributed by atoms with Crippen LogP contribution in [0.25, 0.3) is 0 Å². The van der Waals surface area contributed by atoms with Crippen molar-refractivity contribution in [3.63, 3.8) is 0 Å². The fourth-order valence-corrected chi connectivity index (χ4v) is 3.18. The Bertz CT molecular complexity index is 279. The number of hydrogen-bond acceptors (Lipinski definition) is 5. The number of alkyl carbamates (subject to hydrolysis) is 1. The molecule has 2 N–H and O–H groups in total. The van der Waals surface area contributed by atoms with E-state index in [0.717, 1.165) is 12.2 Å². The van der Waals surface area contributed by atoms with Crippen LogP contribution in [-0.4, -0.2) is 40.3 Å². The second-order valence-corrected chi connectivity index (χ2v) is 7.27. The Labute approximate surface area is 116 Å². The van der Waals surface area contributed by atoms with Gasteiger partial charge in [-0.3, -0.25) is 0 Å². The van der Waals surface area contributed by atoms with Gasteiger partial charge in [0.15, 0.2) is 0 Å². The minimum absolute atomic E-state index is 0.319. The third kappa shape index (κ3) is 9.47. The molecule has 0 spiro atoms. The fourth-order valence-electron chi connectivity index (χ4n) is 0.883. The molecular weight excluding hydrogens is 274 g/mol. The van der Waals surface area contributed by atoms with Crippen molar-refractivity contribution in [1.29, 1.82) is 0 Å². The topological polar surface area (TPSA) is 75.6 Å². The van der Waals surface area contributed by atoms with E-state index in [9.17, 15) is 9.59 Å². The van der Waals surface area contributed by atoms with Crippen LogP contribution in [0.1, 0.15) is 34.1 Å². The summed E-state index contributed by atoms with van der Waals surface area (Å²) in [6.45, 7) is 7.25. The summed E-state index contributed by atoms with van der Waals surface area (Å²) in [5.74, 6) is 0.230. The zero-order valence-corrected chi connectivity index (χ0v) is 12.8. The van der Waals surface area contributed by atoms with Crippen LogP contribution in [0.4, 0.5) is 4.79 Å². The Balaban J connectivity index is 4.11. The Morgan fingerprint density at radius 2 is 1.94 bits per heavy atom. The lowest BCUT2D eigenvalue weighted by Gasteiger charge is -2.21. The van der Waals surface area contributed by atoms with Crippen molar-refractivity contribution in [2.75, 3.05) is 11.5 Å². The van der Waals surface area contributed by atoms with Gasteiger partial charge >= 0.3 is 12.1 Å². The third-order valence-electron chi connectivity index (χ3n) is 1.59. The molecular formula is C11H21NO4S2. The molecule has 7 heteroatoms. The largest absolute Gasteiger partial charge is 0.480 e. The predicted molar refractivity (Wildman–Crippen MR) is 76.0 cm³/mol. The molecule has 0 aromatic rings. The van der Waals surface area contributed by atoms with E-state index in [1.54, 1.807) is 31.6 Å². The van der Waals surface area contributed by atoms with E-state index in [2.05, 4.69) is 12.2 Å². The van der Waals surface area contributed by atoms with Crippen LogP contribution >= 0.6 is 21.6 Å². The maximum atomic E-state index is 11.4. The zero-order valence-electron chi connectivity index (χ0n) is 11.2. The molecule has 0 unspecified atom stereocenters. The normalized spacial score (nSPS) is 12.9. The summed E-state index contributed by atoms with van der Waals surface area (Å²) in [5.41, 5.74) is -0.628. The molecule has 106 valence electrons. The quantitative estimate of drug-likeness (QED) is 0.555. The molecule has 1 amide bonds. The molecule has 0 aliphatic carbocycles. The van der Waals surface area contributed by atoms with Crippen molar-refractivity contribution < 1.29 is 19.4 Å². The van der Waals surface area contributed by atoms with E-state index >= 15 is 0 Å². The van der Waals surface area contributed by atoms with Gasteiger partial charge in [0.2, 0.25) is 0 Å². The van der Waals surface area contributed by atoms with Gasteiger partial charge in [-0.2, -0.15) is 0 Å². The second-order valence-electron chi connectivity index (χ2n) is 4.64. The molecule has 0 aliphatic heterocycles. The van der Waals surface area contributed by atoms with Crippen LogP contribution in [-0.2, 0) is 9.53 Å². The maximum absolute atomic E-state index is 11.4. The fraction of sp³-hybridized carbons (Fsp3) is 0.818. The first-order valence-corrected chi connectivity index (χ1v) is 8.21. The van der Waals surface area contributed by atoms with Crippen LogP contribution in [0.2, 0.25) is 0 Å². The highest BCUT2D eigenvalue weighted by Gasteiger charge is 2.23. The first-order valence-electron chi connectivity index (χ1n) is 5.73. The molecule has 0 saturated carbocycles. The Kier molecular flexibility index (Phi) is 8.26. The molecule has 0 saturated heterocycles. The lowest BCUT2D eigenvalue weighted by molar-refractivity contribution is -0.138. The number of carbonyl (C=O) groups is 2. The molecule has 1 atom stereocenters. The number of ether oxygens (including phenoxy) is 1. The summed E-state index contributed by atoms with van der Waals surface area (Å²) < 4.78 is 5.02. The van der Waals surface area contributed by atoms with Crippen molar-refractivity contribution >= 4 is 33.7 Å². The summed E-state index contributed by atoms with van der Waals surface area (Å²) >= 11 is 0. The van der Waals surface area contributed by atoms with Gasteiger partial charge in [-0.1, -0.05) is 28.5 Å². The molecule has 0 fully saturated rings. The molecule has 5 nitrogen and oxygen atoms in total. The number of amides is 1. The Morgan fingerprint density at radius 3 is 2.39 bits per heavy atom. The summed E-state index contributed by atoms with van der Waals surface area (Å²) in [6, 6.07) is -0.922. The van der Waals surface area contributed by atoms with Gasteiger partial charge in [0.1, 0.15) is 11.6 Å². The van der Waals surface area contributed by atoms with E-state index in [-0.39, 0.29) is 0 Å². The first kappa shape index (κ1) is 17.4. The average Bonchev–Trinajstić information content (AvgIpc) is 2.19. The number of carboxylic acid groups (broad SMARTS) is 1. The molecule has 0 bridgehead atoms. The number of aliphatic carboxylic acids is 1. The molecule has 0 aliphatic rings. The summed E-state index contributed by atoms with van der Waals surface area (Å²) in [4.78, 5) is 22.4. The maximum Gasteiger partial charge on any atom is 0.408 e. The van der Waals surface area contributed by atoms with Gasteiger partial charge in [-0.25, -0.2) is 9.59 Å². The molecule has 0 aromatic heterocycles. The number of carboxylic acids is 1. The van der Waals surface area contributed by atoms with E-state index in [1.165, 1.54) is 10.8 Å². The molecule has 18 heavy (non-hydrogen) atoms. The van der Waals surface area contributed by atoms with Gasteiger partial charge in [0, 0.05) is 11.5 Å². The number of rotatable bonds is 7. The monoisotopic (exact) mass is 295 g/mol. The number of nitrogens with one attached hydrogen (secondary N) is 1. The Hall–Kier alpha value is -0.560. The smallest absolute Gasteiger partial charge is 0.408 e. The lowest BCUT2D eigenvalue weighted by Crippen LogP contribution is -2.44. The van der Waals surface area contributed by atoms with Crippen molar-refractivity contribution in [1.82, 2.24) is 5.32 Å². The molecule has 0 aromatic carbocycles. The first-order chi connectivity index (χ1) is 8.26. The van der Waals surface area contributed by atoms with Crippen molar-refractivity contribution in [2.45, 2.75) is 45.8 Å². The van der Waals surface area contributed by atoms with Crippen LogP contribution < -0.4 is 5.32 Å². The standard InChI is InChI=1S/C11H21NO4S2/c1-5-6-17-18-7-8(9(13)14)12-10(15)16-11(2,3)4/h8H,5-7H2,1-4H3,(H,12,15)(H,13,14)/t8-/m0/s1. The van der Waals surface area contributed by atoms with Gasteiger partial charge in [0.25, 0.3) is 0 Å². The van der Waals surface area contributed by atoms with E-state index in [1.807, 2.05) is 0 Å². The predicted octanol–water partition coefficient (Wildman–Crippen LogP) is 2.76. The molecule has 0 heterocycles. The molecule has 0 radical (unpaired) electrons. The van der Waals surface area contributed by atoms with E-state index in [4.69, 9.17) is 9.84 Å². The zero-order chi connectivity index (χ0) is 14.2. The number of carbonyl (C=O) groups excluding carboxylic acids is 1. The molecule has 0 rings (SSSR count). The summed E-state index contributed by atoms with van der Waals surface area (Å²) in [7, 11) is 3.04. The van der Waals surface area contributed by atoms with Crippen LogP contribution in [0.3, 0.4) is 0 Å². The van der Waals surface area contributed by atoms with Crippen LogP contribution in [0.15, 0.2) is 0 Å². The van der Waals surface area contributed by atoms with Crippen molar-refractivity contribution in [3.05, 3.63) is 0 Å². The van der Waals surface area contributed by atoms with Gasteiger partial charge in [-0.15, -0.1) is 0 Å². The van der Waals surface area contributed by atoms with Gasteiger partial charge in [0.05, 0.1) is 0 Å². The highest BCUT2D eigenvalue weighted by atomic mass is 33.1. The van der Waals surface area contributed by atoms with Crippen molar-refractivity contribution in [2.24, 2.45) is 0 Å². The highest BCUT2D eigenvalue weighted by molar-refractivity contribution is 8.76. The van der Waals surface area contributed by atoms with E-state index in [0.29, 0.717) is 5.75 Å². The van der Waals surface area contributed by atoms with Gasteiger partial charge in [-0.05, 0) is 27.2 Å².